The van der Waals surface area contributed by atoms with Gasteiger partial charge in [0.2, 0.25) is 0 Å². The molecule has 35 heavy (non-hydrogen) atoms. The van der Waals surface area contributed by atoms with Gasteiger partial charge in [-0.2, -0.15) is 0 Å². The van der Waals surface area contributed by atoms with Crippen molar-refractivity contribution < 1.29 is 20.1 Å². The van der Waals surface area contributed by atoms with Crippen LogP contribution in [0.5, 0.6) is 0 Å². The molecule has 0 amide bonds. The van der Waals surface area contributed by atoms with Crippen LogP contribution in [-0.4, -0.2) is 46.8 Å². The SMILES string of the molecule is COC1CC2=C(C(O)C[C@]3(C)[C@@H]([C@H](C)[C@H](O)CC=C(C)C)CC[C@@]23C)[C@@]2(C)CC[C@H](O)C(C)(C)[C@H]12. The van der Waals surface area contributed by atoms with Crippen LogP contribution in [-0.2, 0) is 4.74 Å². The minimum atomic E-state index is -0.470. The first-order valence-corrected chi connectivity index (χ1v) is 14.1. The second kappa shape index (κ2) is 8.96. The van der Waals surface area contributed by atoms with Gasteiger partial charge < -0.3 is 20.1 Å². The molecule has 4 nitrogen and oxygen atoms in total. The van der Waals surface area contributed by atoms with Gasteiger partial charge in [-0.15, -0.1) is 0 Å². The molecule has 4 aliphatic carbocycles. The molecule has 2 unspecified atom stereocenters. The van der Waals surface area contributed by atoms with Gasteiger partial charge in [0.05, 0.1) is 24.4 Å². The van der Waals surface area contributed by atoms with Crippen molar-refractivity contribution in [1.29, 1.82) is 0 Å². The lowest BCUT2D eigenvalue weighted by molar-refractivity contribution is -0.157. The van der Waals surface area contributed by atoms with Crippen LogP contribution in [0.15, 0.2) is 22.8 Å². The summed E-state index contributed by atoms with van der Waals surface area (Å²) in [6, 6.07) is 0. The van der Waals surface area contributed by atoms with Crippen molar-refractivity contribution in [2.45, 2.75) is 125 Å². The Morgan fingerprint density at radius 3 is 2.34 bits per heavy atom. The monoisotopic (exact) mass is 488 g/mol. The molecule has 10 atom stereocenters. The Bertz CT molecular complexity index is 884. The molecule has 200 valence electrons. The predicted molar refractivity (Wildman–Crippen MR) is 142 cm³/mol. The Morgan fingerprint density at radius 2 is 1.74 bits per heavy atom. The van der Waals surface area contributed by atoms with Crippen molar-refractivity contribution in [3.05, 3.63) is 22.8 Å². The second-order valence-electron chi connectivity index (χ2n) is 14.2. The third kappa shape index (κ3) is 3.83. The molecule has 2 fully saturated rings. The normalized spacial score (nSPS) is 46.3. The van der Waals surface area contributed by atoms with Crippen molar-refractivity contribution in [3.63, 3.8) is 0 Å². The van der Waals surface area contributed by atoms with Crippen molar-refractivity contribution in [2.24, 2.45) is 39.4 Å². The Hall–Kier alpha value is -0.680. The van der Waals surface area contributed by atoms with E-state index in [1.807, 2.05) is 7.11 Å². The Labute approximate surface area is 214 Å². The zero-order chi connectivity index (χ0) is 26.1. The molecule has 0 aromatic heterocycles. The summed E-state index contributed by atoms with van der Waals surface area (Å²) in [5, 5.41) is 34.0. The summed E-state index contributed by atoms with van der Waals surface area (Å²) < 4.78 is 6.21. The van der Waals surface area contributed by atoms with E-state index < -0.39 is 6.10 Å². The van der Waals surface area contributed by atoms with E-state index in [1.54, 1.807) is 0 Å². The van der Waals surface area contributed by atoms with Crippen LogP contribution in [0.2, 0.25) is 0 Å². The first-order valence-electron chi connectivity index (χ1n) is 14.1. The summed E-state index contributed by atoms with van der Waals surface area (Å²) in [5.41, 5.74) is 3.43. The highest BCUT2D eigenvalue weighted by atomic mass is 16.5. The number of fused-ring (bicyclic) bond motifs is 4. The summed E-state index contributed by atoms with van der Waals surface area (Å²) in [4.78, 5) is 0. The molecule has 0 aromatic rings. The van der Waals surface area contributed by atoms with Crippen molar-refractivity contribution in [1.82, 2.24) is 0 Å². The number of aliphatic hydroxyl groups is 3. The zero-order valence-electron chi connectivity index (χ0n) is 23.8. The summed E-state index contributed by atoms with van der Waals surface area (Å²) in [6.07, 6.45) is 7.16. The quantitative estimate of drug-likeness (QED) is 0.412. The van der Waals surface area contributed by atoms with Crippen LogP contribution >= 0.6 is 0 Å². The van der Waals surface area contributed by atoms with E-state index in [9.17, 15) is 15.3 Å². The van der Waals surface area contributed by atoms with Crippen molar-refractivity contribution in [2.75, 3.05) is 7.11 Å². The van der Waals surface area contributed by atoms with Gasteiger partial charge in [-0.25, -0.2) is 0 Å². The van der Waals surface area contributed by atoms with Gasteiger partial charge in [-0.1, -0.05) is 58.8 Å². The zero-order valence-corrected chi connectivity index (χ0v) is 23.8. The van der Waals surface area contributed by atoms with Crippen LogP contribution in [0.25, 0.3) is 0 Å². The first kappa shape index (κ1) is 27.4. The third-order valence-electron chi connectivity index (χ3n) is 12.0. The number of hydrogen-bond donors (Lipinski definition) is 3. The highest BCUT2D eigenvalue weighted by molar-refractivity contribution is 5.42. The van der Waals surface area contributed by atoms with Gasteiger partial charge in [0.25, 0.3) is 0 Å². The second-order valence-corrected chi connectivity index (χ2v) is 14.2. The number of hydrogen-bond acceptors (Lipinski definition) is 4. The lowest BCUT2D eigenvalue weighted by Crippen LogP contribution is -2.62. The maximum Gasteiger partial charge on any atom is 0.0764 e. The van der Waals surface area contributed by atoms with Crippen LogP contribution in [0.3, 0.4) is 0 Å². The van der Waals surface area contributed by atoms with Gasteiger partial charge in [-0.3, -0.25) is 0 Å². The van der Waals surface area contributed by atoms with Crippen LogP contribution in [0, 0.1) is 39.4 Å². The average molecular weight is 489 g/mol. The molecule has 0 spiro atoms. The van der Waals surface area contributed by atoms with Crippen LogP contribution in [0.4, 0.5) is 0 Å². The fourth-order valence-electron chi connectivity index (χ4n) is 9.80. The molecule has 4 aliphatic rings. The van der Waals surface area contributed by atoms with E-state index in [0.717, 1.165) is 38.5 Å². The van der Waals surface area contributed by atoms with E-state index in [1.165, 1.54) is 16.7 Å². The number of ether oxygens (including phenoxy) is 1. The van der Waals surface area contributed by atoms with Gasteiger partial charge in [0.15, 0.2) is 0 Å². The fraction of sp³-hybridized carbons (Fsp3) is 0.871. The highest BCUT2D eigenvalue weighted by Crippen LogP contribution is 2.72. The van der Waals surface area contributed by atoms with E-state index in [0.29, 0.717) is 12.3 Å². The fourth-order valence-corrected chi connectivity index (χ4v) is 9.80. The standard InChI is InChI=1S/C31H52O4/c1-18(2)10-11-22(32)19(3)20-12-15-30(7)21-16-24(35-9)27-28(4,5)25(34)13-14-29(27,6)26(21)23(33)17-31(20,30)8/h10,19-20,22-25,27,32-34H,11-17H2,1-9H3/t19-,20+,22+,23?,24?,25-,27-,29+,30-,31+/m0/s1. The molecule has 2 saturated carbocycles. The molecular formula is C31H52O4. The smallest absolute Gasteiger partial charge is 0.0764 e. The molecule has 4 heteroatoms. The molecular weight excluding hydrogens is 436 g/mol. The van der Waals surface area contributed by atoms with Gasteiger partial charge in [0.1, 0.15) is 0 Å². The van der Waals surface area contributed by atoms with Crippen molar-refractivity contribution in [3.8, 4) is 0 Å². The Balaban J connectivity index is 1.77. The number of allylic oxidation sites excluding steroid dienone is 1. The Kier molecular flexibility index (Phi) is 7.00. The molecule has 0 heterocycles. The molecule has 0 saturated heterocycles. The first-order chi connectivity index (χ1) is 16.1. The molecule has 4 rings (SSSR count). The maximum atomic E-state index is 11.9. The summed E-state index contributed by atoms with van der Waals surface area (Å²) in [5.74, 6) is 0.723. The Morgan fingerprint density at radius 1 is 1.09 bits per heavy atom. The van der Waals surface area contributed by atoms with Crippen LogP contribution < -0.4 is 0 Å². The predicted octanol–water partition coefficient (Wildman–Crippen LogP) is 6.05. The van der Waals surface area contributed by atoms with E-state index in [4.69, 9.17) is 4.74 Å². The van der Waals surface area contributed by atoms with Crippen molar-refractivity contribution >= 4 is 0 Å². The lowest BCUT2D eigenvalue weighted by Gasteiger charge is -2.64. The summed E-state index contributed by atoms with van der Waals surface area (Å²) in [6.45, 7) is 18.0. The van der Waals surface area contributed by atoms with Gasteiger partial charge in [0, 0.05) is 13.0 Å². The molecule has 3 N–H and O–H groups in total. The molecule has 0 aliphatic heterocycles. The molecule has 0 bridgehead atoms. The number of methoxy groups -OCH3 is 1. The minimum Gasteiger partial charge on any atom is -0.393 e. The minimum absolute atomic E-state index is 0.0122. The highest BCUT2D eigenvalue weighted by Gasteiger charge is 2.67. The van der Waals surface area contributed by atoms with Crippen LogP contribution in [0.1, 0.15) is 100 Å². The summed E-state index contributed by atoms with van der Waals surface area (Å²) in [7, 11) is 1.83. The topological polar surface area (TPSA) is 69.9 Å². The average Bonchev–Trinajstić information content (AvgIpc) is 3.04. The van der Waals surface area contributed by atoms with E-state index >= 15 is 0 Å². The van der Waals surface area contributed by atoms with E-state index in [-0.39, 0.29) is 51.8 Å². The maximum absolute atomic E-state index is 11.9. The van der Waals surface area contributed by atoms with Gasteiger partial charge in [-0.05, 0) is 97.9 Å². The number of rotatable bonds is 5. The number of aliphatic hydroxyl groups excluding tert-OH is 3. The lowest BCUT2D eigenvalue weighted by atomic mass is 9.42. The third-order valence-corrected chi connectivity index (χ3v) is 12.0. The summed E-state index contributed by atoms with van der Waals surface area (Å²) >= 11 is 0. The van der Waals surface area contributed by atoms with E-state index in [2.05, 4.69) is 61.5 Å². The van der Waals surface area contributed by atoms with Gasteiger partial charge >= 0.3 is 0 Å². The largest absolute Gasteiger partial charge is 0.393 e. The molecule has 0 radical (unpaired) electrons. The molecule has 0 aromatic carbocycles.